The fraction of sp³-hybridized carbons (Fsp3) is 0.500. The smallest absolute Gasteiger partial charge is 0.399 e. The van der Waals surface area contributed by atoms with E-state index >= 15 is 0 Å². The van der Waals surface area contributed by atoms with Gasteiger partial charge in [-0.1, -0.05) is 68.9 Å². The molecular weight excluding hydrogens is 504 g/mol. The lowest BCUT2D eigenvalue weighted by Crippen LogP contribution is -2.53. The number of thiophene rings is 1. The van der Waals surface area contributed by atoms with Gasteiger partial charge in [-0.25, -0.2) is 4.79 Å². The molecule has 204 valence electrons. The Kier molecular flexibility index (Phi) is 8.83. The van der Waals surface area contributed by atoms with Crippen molar-refractivity contribution in [1.29, 1.82) is 0 Å². The van der Waals surface area contributed by atoms with Crippen molar-refractivity contribution in [3.63, 3.8) is 0 Å². The Morgan fingerprint density at radius 2 is 1.84 bits per heavy atom. The van der Waals surface area contributed by atoms with Crippen LogP contribution in [0.5, 0.6) is 5.06 Å². The molecule has 9 nitrogen and oxygen atoms in total. The molecule has 0 saturated carbocycles. The summed E-state index contributed by atoms with van der Waals surface area (Å²) in [7, 11) is 0. The van der Waals surface area contributed by atoms with Gasteiger partial charge in [-0.15, -0.1) is 0 Å². The van der Waals surface area contributed by atoms with E-state index in [1.165, 1.54) is 16.2 Å². The number of benzene rings is 1. The fourth-order valence-electron chi connectivity index (χ4n) is 5.29. The van der Waals surface area contributed by atoms with Crippen LogP contribution in [-0.2, 0) is 14.4 Å². The van der Waals surface area contributed by atoms with Gasteiger partial charge in [0.25, 0.3) is 0 Å². The van der Waals surface area contributed by atoms with Crippen LogP contribution in [-0.4, -0.2) is 70.7 Å². The second-order valence-electron chi connectivity index (χ2n) is 10.4. The highest BCUT2D eigenvalue weighted by molar-refractivity contribution is 7.17. The predicted molar refractivity (Wildman–Crippen MR) is 146 cm³/mol. The zero-order chi connectivity index (χ0) is 27.4. The van der Waals surface area contributed by atoms with E-state index in [4.69, 9.17) is 10.5 Å². The van der Waals surface area contributed by atoms with E-state index in [-0.39, 0.29) is 36.1 Å². The average molecular weight is 541 g/mol. The largest absolute Gasteiger partial charge is 0.414 e. The van der Waals surface area contributed by atoms with E-state index in [0.29, 0.717) is 30.9 Å². The van der Waals surface area contributed by atoms with Gasteiger partial charge in [0.1, 0.15) is 12.1 Å². The molecule has 0 spiro atoms. The van der Waals surface area contributed by atoms with Gasteiger partial charge in [-0.2, -0.15) is 0 Å². The molecule has 3 heterocycles. The van der Waals surface area contributed by atoms with Crippen LogP contribution >= 0.6 is 11.3 Å². The fourth-order valence-corrected chi connectivity index (χ4v) is 6.15. The van der Waals surface area contributed by atoms with Crippen LogP contribution in [0, 0.1) is 5.92 Å². The Labute approximate surface area is 227 Å². The molecule has 3 amide bonds. The average Bonchev–Trinajstić information content (AvgIpc) is 3.60. The van der Waals surface area contributed by atoms with Gasteiger partial charge in [-0.05, 0) is 42.9 Å². The number of ether oxygens (including phenoxy) is 1. The zero-order valence-electron chi connectivity index (χ0n) is 22.1. The van der Waals surface area contributed by atoms with Gasteiger partial charge >= 0.3 is 6.09 Å². The molecule has 4 unspecified atom stereocenters. The molecule has 2 aliphatic rings. The minimum absolute atomic E-state index is 0.0399. The monoisotopic (exact) mass is 540 g/mol. The molecule has 1 aromatic heterocycles. The van der Waals surface area contributed by atoms with Crippen molar-refractivity contribution in [1.82, 2.24) is 15.1 Å². The first kappa shape index (κ1) is 27.8. The first-order chi connectivity index (χ1) is 18.2. The second-order valence-corrected chi connectivity index (χ2v) is 11.4. The Balaban J connectivity index is 1.43. The molecule has 0 bridgehead atoms. The number of Topliss-reactive ketones (excluding diaryl/α,β-unsaturated/α-hetero) is 1. The molecule has 0 aliphatic carbocycles. The van der Waals surface area contributed by atoms with Crippen LogP contribution < -0.4 is 15.8 Å². The summed E-state index contributed by atoms with van der Waals surface area (Å²) in [5.41, 5.74) is 7.06. The SMILES string of the molecule is CCCC(N)C(=O)N1CC(=O)C2C1CCN2C(=O)C(CC(C)C)NC(=O)Oc1ccc(-c2ccccc2)s1. The summed E-state index contributed by atoms with van der Waals surface area (Å²) in [6.07, 6.45) is 1.48. The van der Waals surface area contributed by atoms with E-state index in [0.717, 1.165) is 16.9 Å². The van der Waals surface area contributed by atoms with Gasteiger partial charge in [0.2, 0.25) is 11.8 Å². The van der Waals surface area contributed by atoms with Crippen LogP contribution in [0.3, 0.4) is 0 Å². The standard InChI is InChI=1S/C28H36N4O5S/c1-4-8-19(29)26(34)32-16-22(33)25-21(32)13-14-31(25)27(35)20(15-17(2)3)30-28(36)37-24-12-11-23(38-24)18-9-6-5-7-10-18/h5-7,9-12,17,19-21,25H,4,8,13-16,29H2,1-3H3,(H,30,36). The maximum absolute atomic E-state index is 13.6. The number of fused-ring (bicyclic) bond motifs is 1. The summed E-state index contributed by atoms with van der Waals surface area (Å²) in [5.74, 6) is -0.637. The number of carbonyl (C=O) groups is 4. The summed E-state index contributed by atoms with van der Waals surface area (Å²) < 4.78 is 5.51. The van der Waals surface area contributed by atoms with Gasteiger partial charge in [0.05, 0.1) is 18.6 Å². The number of carbonyl (C=O) groups excluding carboxylic acids is 4. The van der Waals surface area contributed by atoms with Crippen LogP contribution in [0.2, 0.25) is 0 Å². The molecule has 2 aromatic rings. The first-order valence-electron chi connectivity index (χ1n) is 13.2. The van der Waals surface area contributed by atoms with Crippen LogP contribution in [0.4, 0.5) is 4.79 Å². The van der Waals surface area contributed by atoms with E-state index in [1.54, 1.807) is 11.0 Å². The molecule has 3 N–H and O–H groups in total. The maximum Gasteiger partial charge on any atom is 0.414 e. The predicted octanol–water partition coefficient (Wildman–Crippen LogP) is 3.43. The Morgan fingerprint density at radius 3 is 2.53 bits per heavy atom. The van der Waals surface area contributed by atoms with E-state index in [1.807, 2.05) is 57.2 Å². The number of likely N-dealkylation sites (tertiary alicyclic amines) is 2. The van der Waals surface area contributed by atoms with Crippen molar-refractivity contribution in [2.75, 3.05) is 13.1 Å². The topological polar surface area (TPSA) is 122 Å². The molecule has 2 saturated heterocycles. The molecule has 4 rings (SSSR count). The minimum atomic E-state index is -0.852. The molecule has 1 aromatic carbocycles. The number of nitrogens with zero attached hydrogens (tertiary/aromatic N) is 2. The Bertz CT molecular complexity index is 1170. The number of nitrogens with two attached hydrogens (primary N) is 1. The Morgan fingerprint density at radius 1 is 1.11 bits per heavy atom. The van der Waals surface area contributed by atoms with Crippen molar-refractivity contribution in [3.05, 3.63) is 42.5 Å². The Hall–Kier alpha value is -3.24. The molecule has 0 radical (unpaired) electrons. The summed E-state index contributed by atoms with van der Waals surface area (Å²) in [6.45, 7) is 6.17. The lowest BCUT2D eigenvalue weighted by Gasteiger charge is -2.29. The molecule has 2 aliphatic heterocycles. The van der Waals surface area contributed by atoms with Crippen molar-refractivity contribution in [2.24, 2.45) is 11.7 Å². The summed E-state index contributed by atoms with van der Waals surface area (Å²) in [5, 5.41) is 3.15. The molecular formula is C28H36N4O5S. The molecule has 10 heteroatoms. The van der Waals surface area contributed by atoms with Crippen LogP contribution in [0.25, 0.3) is 10.4 Å². The molecule has 38 heavy (non-hydrogen) atoms. The van der Waals surface area contributed by atoms with Gasteiger partial charge < -0.3 is 25.6 Å². The third-order valence-corrected chi connectivity index (χ3v) is 8.05. The lowest BCUT2D eigenvalue weighted by atomic mass is 10.0. The highest BCUT2D eigenvalue weighted by atomic mass is 32.1. The number of ketones is 1. The van der Waals surface area contributed by atoms with Crippen LogP contribution in [0.1, 0.15) is 46.5 Å². The van der Waals surface area contributed by atoms with Crippen LogP contribution in [0.15, 0.2) is 42.5 Å². The molecule has 2 fully saturated rings. The highest BCUT2D eigenvalue weighted by Crippen LogP contribution is 2.33. The zero-order valence-corrected chi connectivity index (χ0v) is 22.9. The van der Waals surface area contributed by atoms with Crippen molar-refractivity contribution in [3.8, 4) is 15.5 Å². The number of amides is 3. The summed E-state index contributed by atoms with van der Waals surface area (Å²) in [6, 6.07) is 10.8. The van der Waals surface area contributed by atoms with Gasteiger partial charge in [-0.3, -0.25) is 14.4 Å². The third-order valence-electron chi connectivity index (χ3n) is 7.04. The summed E-state index contributed by atoms with van der Waals surface area (Å²) >= 11 is 1.34. The number of hydrogen-bond acceptors (Lipinski definition) is 7. The number of nitrogens with one attached hydrogen (secondary N) is 1. The van der Waals surface area contributed by atoms with E-state index in [2.05, 4.69) is 5.32 Å². The van der Waals surface area contributed by atoms with Gasteiger partial charge in [0.15, 0.2) is 10.8 Å². The number of hydrogen-bond donors (Lipinski definition) is 2. The van der Waals surface area contributed by atoms with Crippen molar-refractivity contribution >= 4 is 35.0 Å². The van der Waals surface area contributed by atoms with Gasteiger partial charge in [0, 0.05) is 11.4 Å². The minimum Gasteiger partial charge on any atom is -0.399 e. The number of rotatable bonds is 9. The van der Waals surface area contributed by atoms with E-state index in [9.17, 15) is 19.2 Å². The third kappa shape index (κ3) is 6.07. The maximum atomic E-state index is 13.6. The first-order valence-corrected chi connectivity index (χ1v) is 14.0. The summed E-state index contributed by atoms with van der Waals surface area (Å²) in [4.78, 5) is 56.3. The van der Waals surface area contributed by atoms with E-state index < -0.39 is 24.2 Å². The molecule has 4 atom stereocenters. The highest BCUT2D eigenvalue weighted by Gasteiger charge is 2.52. The second kappa shape index (κ2) is 12.1. The van der Waals surface area contributed by atoms with Crippen molar-refractivity contribution in [2.45, 2.75) is 70.6 Å². The normalized spacial score (nSPS) is 20.4. The quantitative estimate of drug-likeness (QED) is 0.503. The van der Waals surface area contributed by atoms with Crippen molar-refractivity contribution < 1.29 is 23.9 Å². The lowest BCUT2D eigenvalue weighted by molar-refractivity contribution is -0.138.